The molecule has 0 bridgehead atoms. The number of rotatable bonds is 8. The Kier molecular flexibility index (Phi) is 16.3. The molecule has 76 valence electrons. The molecule has 0 saturated carbocycles. The second kappa shape index (κ2) is 13.0. The summed E-state index contributed by atoms with van der Waals surface area (Å²) in [7, 11) is 0. The zero-order chi connectivity index (χ0) is 9.23. The van der Waals surface area contributed by atoms with Gasteiger partial charge < -0.3 is 5.11 Å². The quantitative estimate of drug-likeness (QED) is 0.467. The summed E-state index contributed by atoms with van der Waals surface area (Å²) < 4.78 is 0. The Balaban J connectivity index is 0. The van der Waals surface area contributed by atoms with Gasteiger partial charge in [0.05, 0.1) is 6.10 Å². The molecule has 0 heterocycles. The van der Waals surface area contributed by atoms with E-state index in [0.29, 0.717) is 0 Å². The SMILES string of the molecule is CCCCCCCCCC(C)O.[NaH]. The van der Waals surface area contributed by atoms with Gasteiger partial charge in [-0.3, -0.25) is 0 Å². The van der Waals surface area contributed by atoms with Crippen molar-refractivity contribution >= 4 is 29.6 Å². The van der Waals surface area contributed by atoms with Crippen LogP contribution in [0.25, 0.3) is 0 Å². The van der Waals surface area contributed by atoms with Gasteiger partial charge in [-0.1, -0.05) is 51.9 Å². The van der Waals surface area contributed by atoms with Crippen LogP contribution >= 0.6 is 0 Å². The van der Waals surface area contributed by atoms with Crippen molar-refractivity contribution < 1.29 is 5.11 Å². The van der Waals surface area contributed by atoms with Crippen LogP contribution in [0.15, 0.2) is 0 Å². The average molecular weight is 196 g/mol. The van der Waals surface area contributed by atoms with E-state index < -0.39 is 0 Å². The van der Waals surface area contributed by atoms with Gasteiger partial charge in [-0.2, -0.15) is 0 Å². The van der Waals surface area contributed by atoms with Gasteiger partial charge in [-0.05, 0) is 13.3 Å². The Morgan fingerprint density at radius 2 is 1.38 bits per heavy atom. The Hall–Kier alpha value is 0.960. The molecule has 13 heavy (non-hydrogen) atoms. The zero-order valence-electron chi connectivity index (χ0n) is 8.68. The number of hydrogen-bond donors (Lipinski definition) is 1. The van der Waals surface area contributed by atoms with Gasteiger partial charge in [-0.15, -0.1) is 0 Å². The van der Waals surface area contributed by atoms with Crippen LogP contribution in [0.5, 0.6) is 0 Å². The van der Waals surface area contributed by atoms with Crippen molar-refractivity contribution in [3.05, 3.63) is 0 Å². The van der Waals surface area contributed by atoms with Gasteiger partial charge in [0.1, 0.15) is 0 Å². The zero-order valence-corrected chi connectivity index (χ0v) is 8.68. The minimum absolute atomic E-state index is 0. The third-order valence-electron chi connectivity index (χ3n) is 2.23. The van der Waals surface area contributed by atoms with Crippen molar-refractivity contribution in [1.29, 1.82) is 0 Å². The molecule has 2 heteroatoms. The van der Waals surface area contributed by atoms with Crippen LogP contribution in [0.2, 0.25) is 0 Å². The van der Waals surface area contributed by atoms with E-state index in [-0.39, 0.29) is 35.7 Å². The maximum absolute atomic E-state index is 8.99. The van der Waals surface area contributed by atoms with Crippen LogP contribution in [0.1, 0.15) is 65.2 Å². The van der Waals surface area contributed by atoms with Crippen molar-refractivity contribution in [1.82, 2.24) is 0 Å². The first-order valence-electron chi connectivity index (χ1n) is 5.45. The Bertz CT molecular complexity index is 84.2. The minimum atomic E-state index is -0.0966. The molecular formula is C11H25NaO. The monoisotopic (exact) mass is 196 g/mol. The van der Waals surface area contributed by atoms with Crippen molar-refractivity contribution in [3.8, 4) is 0 Å². The molecule has 0 aromatic rings. The molecule has 0 radical (unpaired) electrons. The molecular weight excluding hydrogens is 171 g/mol. The Labute approximate surface area is 106 Å². The predicted molar refractivity (Wildman–Crippen MR) is 61.4 cm³/mol. The van der Waals surface area contributed by atoms with Gasteiger partial charge in [-0.25, -0.2) is 0 Å². The molecule has 1 unspecified atom stereocenters. The van der Waals surface area contributed by atoms with Crippen LogP contribution in [-0.2, 0) is 0 Å². The van der Waals surface area contributed by atoms with Crippen molar-refractivity contribution in [2.45, 2.75) is 71.3 Å². The normalized spacial score (nSPS) is 12.2. The van der Waals surface area contributed by atoms with Crippen molar-refractivity contribution in [3.63, 3.8) is 0 Å². The first kappa shape index (κ1) is 16.4. The van der Waals surface area contributed by atoms with E-state index >= 15 is 0 Å². The fraction of sp³-hybridized carbons (Fsp3) is 1.00. The van der Waals surface area contributed by atoms with E-state index in [9.17, 15) is 0 Å². The Morgan fingerprint density at radius 3 is 1.85 bits per heavy atom. The summed E-state index contributed by atoms with van der Waals surface area (Å²) in [5, 5.41) is 8.99. The third-order valence-corrected chi connectivity index (χ3v) is 2.23. The first-order chi connectivity index (χ1) is 5.77. The van der Waals surface area contributed by atoms with Gasteiger partial charge in [0, 0.05) is 0 Å². The summed E-state index contributed by atoms with van der Waals surface area (Å²) in [5.74, 6) is 0. The summed E-state index contributed by atoms with van der Waals surface area (Å²) in [6.07, 6.45) is 10.2. The van der Waals surface area contributed by atoms with Crippen LogP contribution in [0.3, 0.4) is 0 Å². The van der Waals surface area contributed by atoms with Crippen LogP contribution in [0.4, 0.5) is 0 Å². The molecule has 0 saturated heterocycles. The van der Waals surface area contributed by atoms with Gasteiger partial charge in [0.2, 0.25) is 0 Å². The maximum atomic E-state index is 8.99. The molecule has 0 rings (SSSR count). The molecule has 0 fully saturated rings. The van der Waals surface area contributed by atoms with E-state index in [1.807, 2.05) is 6.92 Å². The topological polar surface area (TPSA) is 20.2 Å². The fourth-order valence-corrected chi connectivity index (χ4v) is 1.40. The van der Waals surface area contributed by atoms with E-state index in [0.717, 1.165) is 6.42 Å². The number of aliphatic hydroxyl groups is 1. The van der Waals surface area contributed by atoms with Gasteiger partial charge in [0.25, 0.3) is 0 Å². The van der Waals surface area contributed by atoms with E-state index in [4.69, 9.17) is 5.11 Å². The van der Waals surface area contributed by atoms with E-state index in [1.54, 1.807) is 0 Å². The average Bonchev–Trinajstić information content (AvgIpc) is 2.02. The molecule has 1 N–H and O–H groups in total. The summed E-state index contributed by atoms with van der Waals surface area (Å²) >= 11 is 0. The molecule has 0 aliphatic heterocycles. The number of unbranched alkanes of at least 4 members (excludes halogenated alkanes) is 6. The standard InChI is InChI=1S/C11H24O.Na.H/c1-3-4-5-6-7-8-9-10-11(2)12;;/h11-12H,3-10H2,1-2H3;;. The van der Waals surface area contributed by atoms with E-state index in [1.165, 1.54) is 44.9 Å². The van der Waals surface area contributed by atoms with Crippen LogP contribution < -0.4 is 0 Å². The molecule has 0 spiro atoms. The first-order valence-corrected chi connectivity index (χ1v) is 5.45. The molecule has 0 aliphatic carbocycles. The molecule has 0 aromatic heterocycles. The second-order valence-electron chi connectivity index (χ2n) is 3.76. The molecule has 0 amide bonds. The molecule has 1 nitrogen and oxygen atoms in total. The number of hydrogen-bond acceptors (Lipinski definition) is 1. The van der Waals surface area contributed by atoms with Gasteiger partial charge >= 0.3 is 29.6 Å². The fourth-order valence-electron chi connectivity index (χ4n) is 1.40. The van der Waals surface area contributed by atoms with Crippen molar-refractivity contribution in [2.75, 3.05) is 0 Å². The Morgan fingerprint density at radius 1 is 0.923 bits per heavy atom. The van der Waals surface area contributed by atoms with Crippen molar-refractivity contribution in [2.24, 2.45) is 0 Å². The van der Waals surface area contributed by atoms with Gasteiger partial charge in [0.15, 0.2) is 0 Å². The molecule has 0 aliphatic rings. The van der Waals surface area contributed by atoms with Crippen LogP contribution in [-0.4, -0.2) is 40.8 Å². The number of aliphatic hydroxyl groups excluding tert-OH is 1. The van der Waals surface area contributed by atoms with E-state index in [2.05, 4.69) is 6.92 Å². The summed E-state index contributed by atoms with van der Waals surface area (Å²) in [5.41, 5.74) is 0. The summed E-state index contributed by atoms with van der Waals surface area (Å²) in [6, 6.07) is 0. The molecule has 1 atom stereocenters. The third kappa shape index (κ3) is 15.7. The van der Waals surface area contributed by atoms with Crippen LogP contribution in [0, 0.1) is 0 Å². The predicted octanol–water partition coefficient (Wildman–Crippen LogP) is 2.86. The second-order valence-corrected chi connectivity index (χ2v) is 3.76. The summed E-state index contributed by atoms with van der Waals surface area (Å²) in [4.78, 5) is 0. The summed E-state index contributed by atoms with van der Waals surface area (Å²) in [6.45, 7) is 4.12. The molecule has 0 aromatic carbocycles.